The maximum atomic E-state index is 12.9. The highest BCUT2D eigenvalue weighted by molar-refractivity contribution is 7.98. The lowest BCUT2D eigenvalue weighted by Crippen LogP contribution is -2.28. The van der Waals surface area contributed by atoms with Crippen LogP contribution in [-0.4, -0.2) is 24.6 Å². The first-order valence-corrected chi connectivity index (χ1v) is 10.7. The van der Waals surface area contributed by atoms with Crippen LogP contribution in [0.5, 0.6) is 0 Å². The van der Waals surface area contributed by atoms with Crippen LogP contribution in [0.1, 0.15) is 30.4 Å². The lowest BCUT2D eigenvalue weighted by atomic mass is 9.90. The first-order valence-electron chi connectivity index (χ1n) is 9.52. The second kappa shape index (κ2) is 7.77. The van der Waals surface area contributed by atoms with Crippen LogP contribution in [0, 0.1) is 5.92 Å². The van der Waals surface area contributed by atoms with Gasteiger partial charge in [0.15, 0.2) is 0 Å². The summed E-state index contributed by atoms with van der Waals surface area (Å²) in [6.45, 7) is 0.442. The van der Waals surface area contributed by atoms with Crippen molar-refractivity contribution in [1.29, 1.82) is 0 Å². The molecule has 1 N–H and O–H groups in total. The third-order valence-electron chi connectivity index (χ3n) is 5.51. The second-order valence-electron chi connectivity index (χ2n) is 7.25. The van der Waals surface area contributed by atoms with Crippen LogP contribution >= 0.6 is 11.8 Å². The van der Waals surface area contributed by atoms with Gasteiger partial charge in [0.05, 0.1) is 5.92 Å². The number of fused-ring (bicyclic) bond motifs is 1. The van der Waals surface area contributed by atoms with Crippen LogP contribution in [0.4, 0.5) is 11.4 Å². The smallest absolute Gasteiger partial charge is 0.229 e. The third-order valence-corrected chi connectivity index (χ3v) is 6.24. The Morgan fingerprint density at radius 3 is 2.81 bits per heavy atom. The molecule has 5 heteroatoms. The molecule has 0 saturated carbocycles. The largest absolute Gasteiger partial charge is 0.326 e. The quantitative estimate of drug-likeness (QED) is 0.806. The molecule has 2 aromatic carbocycles. The van der Waals surface area contributed by atoms with E-state index in [0.717, 1.165) is 29.1 Å². The number of thioether (sulfide) groups is 1. The zero-order valence-electron chi connectivity index (χ0n) is 15.5. The van der Waals surface area contributed by atoms with Gasteiger partial charge in [-0.15, -0.1) is 11.8 Å². The second-order valence-corrected chi connectivity index (χ2v) is 8.13. The minimum atomic E-state index is -0.310. The van der Waals surface area contributed by atoms with E-state index in [1.165, 1.54) is 24.0 Å². The Labute approximate surface area is 164 Å². The van der Waals surface area contributed by atoms with Gasteiger partial charge in [0.2, 0.25) is 11.8 Å². The van der Waals surface area contributed by atoms with Crippen LogP contribution in [-0.2, 0) is 22.4 Å². The highest BCUT2D eigenvalue weighted by Gasteiger charge is 2.35. The van der Waals surface area contributed by atoms with Crippen molar-refractivity contribution in [3.63, 3.8) is 0 Å². The van der Waals surface area contributed by atoms with Gasteiger partial charge in [0, 0.05) is 29.2 Å². The molecule has 27 heavy (non-hydrogen) atoms. The molecular formula is C22H24N2O2S. The maximum Gasteiger partial charge on any atom is 0.229 e. The van der Waals surface area contributed by atoms with Crippen molar-refractivity contribution in [2.24, 2.45) is 5.92 Å². The minimum Gasteiger partial charge on any atom is -0.326 e. The number of nitrogens with one attached hydrogen (secondary N) is 1. The molecule has 1 aliphatic heterocycles. The monoisotopic (exact) mass is 380 g/mol. The zero-order valence-corrected chi connectivity index (χ0v) is 16.3. The van der Waals surface area contributed by atoms with Crippen LogP contribution in [0.25, 0.3) is 0 Å². The summed E-state index contributed by atoms with van der Waals surface area (Å²) in [5.74, 6) is -0.343. The molecule has 2 aliphatic rings. The summed E-state index contributed by atoms with van der Waals surface area (Å²) in [5, 5.41) is 3.11. The van der Waals surface area contributed by atoms with Crippen molar-refractivity contribution in [3.8, 4) is 0 Å². The molecule has 4 nitrogen and oxygen atoms in total. The van der Waals surface area contributed by atoms with Crippen LogP contribution < -0.4 is 10.2 Å². The van der Waals surface area contributed by atoms with Crippen molar-refractivity contribution in [3.05, 3.63) is 53.6 Å². The molecule has 4 rings (SSSR count). The highest BCUT2D eigenvalue weighted by atomic mass is 32.2. The van der Waals surface area contributed by atoms with Gasteiger partial charge in [-0.25, -0.2) is 0 Å². The Morgan fingerprint density at radius 2 is 1.96 bits per heavy atom. The van der Waals surface area contributed by atoms with Gasteiger partial charge in [-0.05, 0) is 67.3 Å². The number of nitrogens with zero attached hydrogens (tertiary/aromatic N) is 1. The van der Waals surface area contributed by atoms with Gasteiger partial charge in [0.1, 0.15) is 0 Å². The van der Waals surface area contributed by atoms with Crippen molar-refractivity contribution in [1.82, 2.24) is 0 Å². The zero-order chi connectivity index (χ0) is 18.8. The summed E-state index contributed by atoms with van der Waals surface area (Å²) in [7, 11) is 0. The number of anilines is 2. The van der Waals surface area contributed by atoms with Crippen LogP contribution in [0.15, 0.2) is 47.4 Å². The van der Waals surface area contributed by atoms with E-state index in [0.29, 0.717) is 6.54 Å². The van der Waals surface area contributed by atoms with E-state index in [1.54, 1.807) is 16.7 Å². The lowest BCUT2D eigenvalue weighted by molar-refractivity contribution is -0.122. The normalized spacial score (nSPS) is 19.1. The first kappa shape index (κ1) is 18.1. The molecule has 0 radical (unpaired) electrons. The Balaban J connectivity index is 1.48. The number of hydrogen-bond donors (Lipinski definition) is 1. The van der Waals surface area contributed by atoms with E-state index in [4.69, 9.17) is 0 Å². The molecule has 1 heterocycles. The number of carbonyl (C=O) groups is 2. The molecule has 140 valence electrons. The van der Waals surface area contributed by atoms with Gasteiger partial charge in [-0.2, -0.15) is 0 Å². The molecular weight excluding hydrogens is 356 g/mol. The van der Waals surface area contributed by atoms with Crippen molar-refractivity contribution in [2.45, 2.75) is 37.0 Å². The van der Waals surface area contributed by atoms with Crippen LogP contribution in [0.2, 0.25) is 0 Å². The molecule has 2 aromatic rings. The predicted octanol–water partition coefficient (Wildman–Crippen LogP) is 4.28. The fourth-order valence-corrected chi connectivity index (χ4v) is 4.50. The number of amides is 2. The number of aryl methyl sites for hydroxylation is 1. The lowest BCUT2D eigenvalue weighted by Gasteiger charge is -2.21. The van der Waals surface area contributed by atoms with Gasteiger partial charge in [-0.3, -0.25) is 9.59 Å². The molecule has 1 atom stereocenters. The Kier molecular flexibility index (Phi) is 5.21. The molecule has 1 aliphatic carbocycles. The molecule has 0 spiro atoms. The molecule has 1 saturated heterocycles. The van der Waals surface area contributed by atoms with E-state index in [2.05, 4.69) is 11.4 Å². The molecule has 0 bridgehead atoms. The number of benzene rings is 2. The number of carbonyl (C=O) groups excluding carboxylic acids is 2. The van der Waals surface area contributed by atoms with Crippen molar-refractivity contribution in [2.75, 3.05) is 23.0 Å². The average molecular weight is 381 g/mol. The van der Waals surface area contributed by atoms with Gasteiger partial charge < -0.3 is 10.2 Å². The van der Waals surface area contributed by atoms with Crippen LogP contribution in [0.3, 0.4) is 0 Å². The Hall–Kier alpha value is -2.27. The third kappa shape index (κ3) is 3.74. The van der Waals surface area contributed by atoms with E-state index in [-0.39, 0.29) is 24.2 Å². The SMILES string of the molecule is CSc1cccc(N2CC(C(=O)Nc3cccc4c3CCCC4)CC2=O)c1. The maximum absolute atomic E-state index is 12.9. The highest BCUT2D eigenvalue weighted by Crippen LogP contribution is 2.31. The summed E-state index contributed by atoms with van der Waals surface area (Å²) >= 11 is 1.65. The summed E-state index contributed by atoms with van der Waals surface area (Å²) in [6.07, 6.45) is 6.77. The van der Waals surface area contributed by atoms with E-state index < -0.39 is 0 Å². The first-order chi connectivity index (χ1) is 13.2. The molecule has 1 fully saturated rings. The standard InChI is InChI=1S/C22H24N2O2S/c1-27-18-9-5-8-17(13-18)24-14-16(12-21(24)25)22(26)23-20-11-4-7-15-6-2-3-10-19(15)20/h4-5,7-9,11,13,16H,2-3,6,10,12,14H2,1H3,(H,23,26). The van der Waals surface area contributed by atoms with Crippen molar-refractivity contribution < 1.29 is 9.59 Å². The van der Waals surface area contributed by atoms with Crippen molar-refractivity contribution >= 4 is 35.0 Å². The van der Waals surface area contributed by atoms with Gasteiger partial charge in [-0.1, -0.05) is 18.2 Å². The number of hydrogen-bond acceptors (Lipinski definition) is 3. The summed E-state index contributed by atoms with van der Waals surface area (Å²) in [5.41, 5.74) is 4.41. The van der Waals surface area contributed by atoms with E-state index in [1.807, 2.05) is 42.7 Å². The minimum absolute atomic E-state index is 0.0171. The molecule has 0 aromatic heterocycles. The molecule has 2 amide bonds. The topological polar surface area (TPSA) is 49.4 Å². The average Bonchev–Trinajstić information content (AvgIpc) is 3.10. The predicted molar refractivity (Wildman–Crippen MR) is 110 cm³/mol. The van der Waals surface area contributed by atoms with E-state index in [9.17, 15) is 9.59 Å². The Morgan fingerprint density at radius 1 is 1.15 bits per heavy atom. The summed E-state index contributed by atoms with van der Waals surface area (Å²) in [6, 6.07) is 14.1. The fourth-order valence-electron chi connectivity index (χ4n) is 4.04. The molecule has 1 unspecified atom stereocenters. The summed E-state index contributed by atoms with van der Waals surface area (Å²) in [4.78, 5) is 28.2. The fraction of sp³-hybridized carbons (Fsp3) is 0.364. The number of rotatable bonds is 4. The van der Waals surface area contributed by atoms with E-state index >= 15 is 0 Å². The summed E-state index contributed by atoms with van der Waals surface area (Å²) < 4.78 is 0. The van der Waals surface area contributed by atoms with Gasteiger partial charge in [0.25, 0.3) is 0 Å². The Bertz CT molecular complexity index is 880. The van der Waals surface area contributed by atoms with Gasteiger partial charge >= 0.3 is 0 Å².